The molecule has 0 spiro atoms. The summed E-state index contributed by atoms with van der Waals surface area (Å²) in [6.45, 7) is 4.25. The van der Waals surface area contributed by atoms with Crippen LogP contribution in [0.25, 0.3) is 0 Å². The van der Waals surface area contributed by atoms with Crippen LogP contribution in [0.1, 0.15) is 13.3 Å². The van der Waals surface area contributed by atoms with Crippen molar-refractivity contribution in [2.75, 3.05) is 31.3 Å². The number of nitrogens with zero attached hydrogens (tertiary/aromatic N) is 1. The highest BCUT2D eigenvalue weighted by Gasteiger charge is 2.27. The fraction of sp³-hybridized carbons (Fsp3) is 0.500. The Labute approximate surface area is 112 Å². The Morgan fingerprint density at radius 1 is 1.53 bits per heavy atom. The number of ether oxygens (including phenoxy) is 2. The molecule has 1 atom stereocenters. The van der Waals surface area contributed by atoms with E-state index in [0.717, 1.165) is 11.4 Å². The average Bonchev–Trinajstić information content (AvgIpc) is 2.40. The van der Waals surface area contributed by atoms with E-state index in [0.29, 0.717) is 26.4 Å². The normalized spacial score (nSPS) is 19.2. The first-order valence-electron chi connectivity index (χ1n) is 6.50. The lowest BCUT2D eigenvalue weighted by Crippen LogP contribution is -2.46. The first-order valence-corrected chi connectivity index (χ1v) is 6.50. The predicted octanol–water partition coefficient (Wildman–Crippen LogP) is 1.77. The standard InChI is InChI=1S/C14H19NO4/c1-2-19-13-6-4-3-5-12(13)15-7-8-18-10-11(15)9-14(16)17/h3-6,11H,2,7-10H2,1H3,(H,16,17). The molecule has 0 saturated carbocycles. The van der Waals surface area contributed by atoms with E-state index in [1.807, 2.05) is 31.2 Å². The van der Waals surface area contributed by atoms with Gasteiger partial charge in [-0.3, -0.25) is 4.79 Å². The topological polar surface area (TPSA) is 59.0 Å². The Bertz CT molecular complexity index is 435. The molecule has 1 unspecified atom stereocenters. The van der Waals surface area contributed by atoms with Crippen molar-refractivity contribution in [3.05, 3.63) is 24.3 Å². The maximum atomic E-state index is 10.9. The number of benzene rings is 1. The minimum absolute atomic E-state index is 0.0699. The zero-order valence-corrected chi connectivity index (χ0v) is 11.0. The Hall–Kier alpha value is -1.75. The van der Waals surface area contributed by atoms with Crippen molar-refractivity contribution in [2.24, 2.45) is 0 Å². The monoisotopic (exact) mass is 265 g/mol. The molecule has 1 aliphatic heterocycles. The Morgan fingerprint density at radius 3 is 3.05 bits per heavy atom. The zero-order valence-electron chi connectivity index (χ0n) is 11.0. The number of hydrogen-bond acceptors (Lipinski definition) is 4. The smallest absolute Gasteiger partial charge is 0.305 e. The SMILES string of the molecule is CCOc1ccccc1N1CCOCC1CC(=O)O. The third-order valence-electron chi connectivity index (χ3n) is 3.11. The molecule has 1 aliphatic rings. The molecule has 0 amide bonds. The van der Waals surface area contributed by atoms with Gasteiger partial charge in [0.1, 0.15) is 5.75 Å². The van der Waals surface area contributed by atoms with Crippen molar-refractivity contribution < 1.29 is 19.4 Å². The van der Waals surface area contributed by atoms with E-state index in [2.05, 4.69) is 4.90 Å². The molecule has 0 bridgehead atoms. The first-order chi connectivity index (χ1) is 9.22. The van der Waals surface area contributed by atoms with Crippen LogP contribution >= 0.6 is 0 Å². The van der Waals surface area contributed by atoms with Gasteiger partial charge in [0.05, 0.1) is 38.0 Å². The van der Waals surface area contributed by atoms with Gasteiger partial charge < -0.3 is 19.5 Å². The van der Waals surface area contributed by atoms with Crippen molar-refractivity contribution >= 4 is 11.7 Å². The molecule has 5 heteroatoms. The van der Waals surface area contributed by atoms with Crippen LogP contribution in [0.3, 0.4) is 0 Å². The number of rotatable bonds is 5. The van der Waals surface area contributed by atoms with Crippen molar-refractivity contribution in [2.45, 2.75) is 19.4 Å². The minimum atomic E-state index is -0.811. The van der Waals surface area contributed by atoms with E-state index < -0.39 is 5.97 Å². The summed E-state index contributed by atoms with van der Waals surface area (Å²) < 4.78 is 11.0. The Balaban J connectivity index is 2.23. The van der Waals surface area contributed by atoms with E-state index in [-0.39, 0.29) is 12.5 Å². The molecule has 0 aliphatic carbocycles. The number of carboxylic acids is 1. The predicted molar refractivity (Wildman–Crippen MR) is 71.8 cm³/mol. The zero-order chi connectivity index (χ0) is 13.7. The molecule has 1 fully saturated rings. The summed E-state index contributed by atoms with van der Waals surface area (Å²) >= 11 is 0. The van der Waals surface area contributed by atoms with E-state index in [4.69, 9.17) is 14.6 Å². The molecule has 1 N–H and O–H groups in total. The van der Waals surface area contributed by atoms with Crippen LogP contribution in [0.5, 0.6) is 5.75 Å². The summed E-state index contributed by atoms with van der Waals surface area (Å²) in [5.41, 5.74) is 0.943. The van der Waals surface area contributed by atoms with E-state index in [1.54, 1.807) is 0 Å². The van der Waals surface area contributed by atoms with Gasteiger partial charge in [-0.15, -0.1) is 0 Å². The quantitative estimate of drug-likeness (QED) is 0.879. The first kappa shape index (κ1) is 13.7. The fourth-order valence-corrected chi connectivity index (χ4v) is 2.31. The van der Waals surface area contributed by atoms with Gasteiger partial charge in [0, 0.05) is 6.54 Å². The van der Waals surface area contributed by atoms with Crippen LogP contribution in [0, 0.1) is 0 Å². The highest BCUT2D eigenvalue weighted by molar-refractivity contribution is 5.69. The summed E-state index contributed by atoms with van der Waals surface area (Å²) in [5.74, 6) is -0.0170. The lowest BCUT2D eigenvalue weighted by atomic mass is 10.1. The summed E-state index contributed by atoms with van der Waals surface area (Å²) in [6, 6.07) is 7.58. The highest BCUT2D eigenvalue weighted by Crippen LogP contribution is 2.31. The summed E-state index contributed by atoms with van der Waals surface area (Å²) in [6.07, 6.45) is 0.0699. The van der Waals surface area contributed by atoms with Crippen molar-refractivity contribution in [1.82, 2.24) is 0 Å². The van der Waals surface area contributed by atoms with Gasteiger partial charge >= 0.3 is 5.97 Å². The van der Waals surface area contributed by atoms with Gasteiger partial charge in [-0.25, -0.2) is 0 Å². The number of morpholine rings is 1. The third kappa shape index (κ3) is 3.38. The summed E-state index contributed by atoms with van der Waals surface area (Å²) in [4.78, 5) is 13.0. The average molecular weight is 265 g/mol. The third-order valence-corrected chi connectivity index (χ3v) is 3.11. The molecular formula is C14H19NO4. The molecule has 104 valence electrons. The van der Waals surface area contributed by atoms with Gasteiger partial charge in [0.2, 0.25) is 0 Å². The van der Waals surface area contributed by atoms with Gasteiger partial charge in [-0.05, 0) is 19.1 Å². The molecular weight excluding hydrogens is 246 g/mol. The molecule has 0 aromatic heterocycles. The van der Waals surface area contributed by atoms with Crippen molar-refractivity contribution in [1.29, 1.82) is 0 Å². The van der Waals surface area contributed by atoms with Gasteiger partial charge in [0.25, 0.3) is 0 Å². The summed E-state index contributed by atoms with van der Waals surface area (Å²) in [7, 11) is 0. The highest BCUT2D eigenvalue weighted by atomic mass is 16.5. The second kappa shape index (κ2) is 6.43. The van der Waals surface area contributed by atoms with Gasteiger partial charge in [-0.2, -0.15) is 0 Å². The van der Waals surface area contributed by atoms with Crippen LogP contribution in [-0.4, -0.2) is 43.5 Å². The molecule has 1 aromatic carbocycles. The maximum Gasteiger partial charge on any atom is 0.305 e. The molecule has 2 rings (SSSR count). The van der Waals surface area contributed by atoms with E-state index in [9.17, 15) is 4.79 Å². The number of carbonyl (C=O) groups is 1. The molecule has 1 aromatic rings. The maximum absolute atomic E-state index is 10.9. The van der Waals surface area contributed by atoms with Gasteiger partial charge in [0.15, 0.2) is 0 Å². The van der Waals surface area contributed by atoms with E-state index >= 15 is 0 Å². The minimum Gasteiger partial charge on any atom is -0.492 e. The molecule has 1 heterocycles. The van der Waals surface area contributed by atoms with Crippen LogP contribution in [-0.2, 0) is 9.53 Å². The number of hydrogen-bond donors (Lipinski definition) is 1. The number of para-hydroxylation sites is 2. The molecule has 1 saturated heterocycles. The Morgan fingerprint density at radius 2 is 2.32 bits per heavy atom. The van der Waals surface area contributed by atoms with E-state index in [1.165, 1.54) is 0 Å². The summed E-state index contributed by atoms with van der Waals surface area (Å²) in [5, 5.41) is 8.99. The van der Waals surface area contributed by atoms with Crippen molar-refractivity contribution in [3.63, 3.8) is 0 Å². The van der Waals surface area contributed by atoms with Crippen LogP contribution in [0.15, 0.2) is 24.3 Å². The number of anilines is 1. The molecule has 0 radical (unpaired) electrons. The van der Waals surface area contributed by atoms with Crippen molar-refractivity contribution in [3.8, 4) is 5.75 Å². The fourth-order valence-electron chi connectivity index (χ4n) is 2.31. The largest absolute Gasteiger partial charge is 0.492 e. The Kier molecular flexibility index (Phi) is 4.63. The van der Waals surface area contributed by atoms with Crippen LogP contribution in [0.4, 0.5) is 5.69 Å². The number of aliphatic carboxylic acids is 1. The second-order valence-corrected chi connectivity index (χ2v) is 4.42. The lowest BCUT2D eigenvalue weighted by Gasteiger charge is -2.37. The molecule has 5 nitrogen and oxygen atoms in total. The number of carboxylic acid groups (broad SMARTS) is 1. The molecule has 19 heavy (non-hydrogen) atoms. The van der Waals surface area contributed by atoms with Crippen LogP contribution < -0.4 is 9.64 Å². The lowest BCUT2D eigenvalue weighted by molar-refractivity contribution is -0.138. The van der Waals surface area contributed by atoms with Crippen LogP contribution in [0.2, 0.25) is 0 Å². The second-order valence-electron chi connectivity index (χ2n) is 4.42. The van der Waals surface area contributed by atoms with Gasteiger partial charge in [-0.1, -0.05) is 12.1 Å².